The minimum absolute atomic E-state index is 0.145. The lowest BCUT2D eigenvalue weighted by molar-refractivity contribution is -0.122. The van der Waals surface area contributed by atoms with Crippen LogP contribution in [0.2, 0.25) is 0 Å². The fourth-order valence-electron chi connectivity index (χ4n) is 2.28. The summed E-state index contributed by atoms with van der Waals surface area (Å²) in [7, 11) is 0. The van der Waals surface area contributed by atoms with Crippen molar-refractivity contribution in [2.75, 3.05) is 5.32 Å². The Bertz CT molecular complexity index is 664. The zero-order valence-corrected chi connectivity index (χ0v) is 13.6. The molecule has 1 unspecified atom stereocenters. The van der Waals surface area contributed by atoms with E-state index in [-0.39, 0.29) is 5.91 Å². The van der Waals surface area contributed by atoms with Crippen LogP contribution in [0, 0.1) is 13.8 Å². The number of amides is 1. The Kier molecular flexibility index (Phi) is 5.21. The minimum Gasteiger partial charge on any atom is -0.481 e. The first-order valence-corrected chi connectivity index (χ1v) is 7.63. The molecule has 22 heavy (non-hydrogen) atoms. The number of ether oxygens (including phenoxy) is 1. The summed E-state index contributed by atoms with van der Waals surface area (Å²) in [4.78, 5) is 12.3. The van der Waals surface area contributed by atoms with Crippen LogP contribution in [0.15, 0.2) is 42.5 Å². The van der Waals surface area contributed by atoms with E-state index in [4.69, 9.17) is 4.74 Å². The van der Waals surface area contributed by atoms with Crippen LogP contribution in [0.4, 0.5) is 5.69 Å². The smallest absolute Gasteiger partial charge is 0.265 e. The van der Waals surface area contributed by atoms with Gasteiger partial charge >= 0.3 is 0 Å². The summed E-state index contributed by atoms with van der Waals surface area (Å²) in [5.74, 6) is 0.580. The Morgan fingerprint density at radius 2 is 1.95 bits per heavy atom. The zero-order chi connectivity index (χ0) is 16.1. The Hall–Kier alpha value is -2.29. The van der Waals surface area contributed by atoms with Crippen molar-refractivity contribution in [3.63, 3.8) is 0 Å². The molecule has 1 atom stereocenters. The third-order valence-electron chi connectivity index (χ3n) is 3.63. The van der Waals surface area contributed by atoms with Crippen LogP contribution in [0.5, 0.6) is 5.75 Å². The second-order valence-corrected chi connectivity index (χ2v) is 5.57. The molecule has 2 aromatic rings. The van der Waals surface area contributed by atoms with Gasteiger partial charge in [0.2, 0.25) is 0 Å². The highest BCUT2D eigenvalue weighted by atomic mass is 16.5. The average Bonchev–Trinajstić information content (AvgIpc) is 2.50. The third-order valence-corrected chi connectivity index (χ3v) is 3.63. The molecule has 0 fully saturated rings. The maximum Gasteiger partial charge on any atom is 0.265 e. The Balaban J connectivity index is 2.02. The lowest BCUT2D eigenvalue weighted by Crippen LogP contribution is -2.30. The van der Waals surface area contributed by atoms with Crippen LogP contribution in [0.3, 0.4) is 0 Å². The van der Waals surface area contributed by atoms with Crippen LogP contribution in [-0.4, -0.2) is 12.0 Å². The summed E-state index contributed by atoms with van der Waals surface area (Å²) in [6, 6.07) is 13.8. The van der Waals surface area contributed by atoms with Crippen molar-refractivity contribution in [1.29, 1.82) is 0 Å². The summed E-state index contributed by atoms with van der Waals surface area (Å²) < 4.78 is 5.74. The molecule has 0 aliphatic heterocycles. The second-order valence-electron chi connectivity index (χ2n) is 5.57. The van der Waals surface area contributed by atoms with E-state index in [9.17, 15) is 4.79 Å². The van der Waals surface area contributed by atoms with Gasteiger partial charge in [0, 0.05) is 5.69 Å². The van der Waals surface area contributed by atoms with E-state index in [1.807, 2.05) is 56.3 Å². The molecule has 1 N–H and O–H groups in total. The van der Waals surface area contributed by atoms with Gasteiger partial charge in [-0.15, -0.1) is 0 Å². The largest absolute Gasteiger partial charge is 0.481 e. The van der Waals surface area contributed by atoms with Crippen molar-refractivity contribution < 1.29 is 9.53 Å². The fraction of sp³-hybridized carbons (Fsp3) is 0.316. The quantitative estimate of drug-likeness (QED) is 0.895. The summed E-state index contributed by atoms with van der Waals surface area (Å²) in [6.45, 7) is 7.87. The van der Waals surface area contributed by atoms with Gasteiger partial charge in [0.1, 0.15) is 5.75 Å². The van der Waals surface area contributed by atoms with Crippen molar-refractivity contribution in [1.82, 2.24) is 0 Å². The van der Waals surface area contributed by atoms with E-state index in [1.165, 1.54) is 11.1 Å². The lowest BCUT2D eigenvalue weighted by atomic mass is 10.1. The van der Waals surface area contributed by atoms with Gasteiger partial charge in [-0.2, -0.15) is 0 Å². The molecule has 0 saturated heterocycles. The SMILES string of the molecule is CCc1cccc(OC(C)C(=O)Nc2ccc(C)cc2C)c1. The first kappa shape index (κ1) is 16.1. The van der Waals surface area contributed by atoms with Crippen LogP contribution >= 0.6 is 0 Å². The second kappa shape index (κ2) is 7.12. The highest BCUT2D eigenvalue weighted by Crippen LogP contribution is 2.18. The highest BCUT2D eigenvalue weighted by molar-refractivity contribution is 5.94. The van der Waals surface area contributed by atoms with Crippen molar-refractivity contribution >= 4 is 11.6 Å². The molecule has 0 aliphatic rings. The predicted molar refractivity (Wildman–Crippen MR) is 90.5 cm³/mol. The van der Waals surface area contributed by atoms with Crippen LogP contribution in [-0.2, 0) is 11.2 Å². The molecule has 0 saturated carbocycles. The number of carbonyl (C=O) groups excluding carboxylic acids is 1. The number of nitrogens with one attached hydrogen (secondary N) is 1. The molecule has 0 spiro atoms. The Morgan fingerprint density at radius 3 is 2.64 bits per heavy atom. The maximum absolute atomic E-state index is 12.3. The molecular formula is C19H23NO2. The number of benzene rings is 2. The van der Waals surface area contributed by atoms with Crippen molar-refractivity contribution in [3.8, 4) is 5.75 Å². The average molecular weight is 297 g/mol. The molecule has 3 heteroatoms. The number of anilines is 1. The minimum atomic E-state index is -0.548. The van der Waals surface area contributed by atoms with E-state index < -0.39 is 6.10 Å². The maximum atomic E-state index is 12.3. The summed E-state index contributed by atoms with van der Waals surface area (Å²) in [6.07, 6.45) is 0.396. The number of hydrogen-bond acceptors (Lipinski definition) is 2. The van der Waals surface area contributed by atoms with Gasteiger partial charge in [-0.25, -0.2) is 0 Å². The van der Waals surface area contributed by atoms with Gasteiger partial charge in [0.05, 0.1) is 0 Å². The highest BCUT2D eigenvalue weighted by Gasteiger charge is 2.15. The van der Waals surface area contributed by atoms with E-state index in [0.717, 1.165) is 23.4 Å². The van der Waals surface area contributed by atoms with E-state index in [0.29, 0.717) is 0 Å². The fourth-order valence-corrected chi connectivity index (χ4v) is 2.28. The normalized spacial score (nSPS) is 11.8. The molecule has 1 amide bonds. The molecule has 0 heterocycles. The van der Waals surface area contributed by atoms with Gasteiger partial charge in [-0.05, 0) is 56.5 Å². The van der Waals surface area contributed by atoms with Gasteiger partial charge < -0.3 is 10.1 Å². The third kappa shape index (κ3) is 4.10. The summed E-state index contributed by atoms with van der Waals surface area (Å²) in [5.41, 5.74) is 4.25. The standard InChI is InChI=1S/C19H23NO2/c1-5-16-7-6-8-17(12-16)22-15(4)19(21)20-18-10-9-13(2)11-14(18)3/h6-12,15H,5H2,1-4H3,(H,20,21). The van der Waals surface area contributed by atoms with Gasteiger partial charge in [0.15, 0.2) is 6.10 Å². The number of rotatable bonds is 5. The summed E-state index contributed by atoms with van der Waals surface area (Å²) >= 11 is 0. The molecule has 0 aromatic heterocycles. The molecule has 2 rings (SSSR count). The number of carbonyl (C=O) groups is 1. The molecule has 3 nitrogen and oxygen atoms in total. The molecule has 0 bridgehead atoms. The summed E-state index contributed by atoms with van der Waals surface area (Å²) in [5, 5.41) is 2.92. The van der Waals surface area contributed by atoms with Crippen molar-refractivity contribution in [2.45, 2.75) is 40.2 Å². The van der Waals surface area contributed by atoms with Crippen LogP contribution in [0.1, 0.15) is 30.5 Å². The zero-order valence-electron chi connectivity index (χ0n) is 13.6. The van der Waals surface area contributed by atoms with Gasteiger partial charge in [-0.3, -0.25) is 4.79 Å². The Morgan fingerprint density at radius 1 is 1.18 bits per heavy atom. The lowest BCUT2D eigenvalue weighted by Gasteiger charge is -2.16. The molecule has 2 aromatic carbocycles. The van der Waals surface area contributed by atoms with Crippen molar-refractivity contribution in [2.24, 2.45) is 0 Å². The number of hydrogen-bond donors (Lipinski definition) is 1. The van der Waals surface area contributed by atoms with E-state index in [1.54, 1.807) is 6.92 Å². The molecule has 116 valence electrons. The van der Waals surface area contributed by atoms with Crippen LogP contribution < -0.4 is 10.1 Å². The topological polar surface area (TPSA) is 38.3 Å². The van der Waals surface area contributed by atoms with Gasteiger partial charge in [-0.1, -0.05) is 36.8 Å². The van der Waals surface area contributed by atoms with E-state index in [2.05, 4.69) is 12.2 Å². The van der Waals surface area contributed by atoms with Crippen molar-refractivity contribution in [3.05, 3.63) is 59.2 Å². The van der Waals surface area contributed by atoms with Crippen LogP contribution in [0.25, 0.3) is 0 Å². The molecular weight excluding hydrogens is 274 g/mol. The molecule has 0 radical (unpaired) electrons. The Labute approximate surface area is 132 Å². The monoisotopic (exact) mass is 297 g/mol. The number of aryl methyl sites for hydroxylation is 3. The first-order chi connectivity index (χ1) is 10.5. The molecule has 0 aliphatic carbocycles. The first-order valence-electron chi connectivity index (χ1n) is 7.63. The predicted octanol–water partition coefficient (Wildman–Crippen LogP) is 4.27. The van der Waals surface area contributed by atoms with Gasteiger partial charge in [0.25, 0.3) is 5.91 Å². The van der Waals surface area contributed by atoms with E-state index >= 15 is 0 Å².